The summed E-state index contributed by atoms with van der Waals surface area (Å²) in [7, 11) is 0. The van der Waals surface area contributed by atoms with Gasteiger partial charge in [-0.3, -0.25) is 9.59 Å². The van der Waals surface area contributed by atoms with Crippen molar-refractivity contribution in [1.29, 1.82) is 0 Å². The number of nitrogens with one attached hydrogen (secondary N) is 2. The molecule has 2 N–H and O–H groups in total. The largest absolute Gasteiger partial charge is 0.378 e. The summed E-state index contributed by atoms with van der Waals surface area (Å²) in [5.74, 6) is -0.156. The summed E-state index contributed by atoms with van der Waals surface area (Å²) >= 11 is 0. The summed E-state index contributed by atoms with van der Waals surface area (Å²) in [5.41, 5.74) is 2.99. The number of piperazine rings is 1. The number of morpholine rings is 1. The van der Waals surface area contributed by atoms with Crippen LogP contribution >= 0.6 is 0 Å². The SMILES string of the molecule is O=C(Cc1ccccc1)Nc1cc(C(=O)N2CCCNCC2)ccc1N1CCN(C(=O)N2CCOCC2)CC1. The lowest BCUT2D eigenvalue weighted by Crippen LogP contribution is -2.54. The number of nitrogens with zero attached hydrogens (tertiary/aromatic N) is 4. The molecule has 0 saturated carbocycles. The maximum absolute atomic E-state index is 13.4. The van der Waals surface area contributed by atoms with Gasteiger partial charge in [-0.05, 0) is 36.7 Å². The van der Waals surface area contributed by atoms with Crippen molar-refractivity contribution >= 4 is 29.2 Å². The number of anilines is 2. The molecule has 10 nitrogen and oxygen atoms in total. The van der Waals surface area contributed by atoms with E-state index in [-0.39, 0.29) is 24.3 Å². The van der Waals surface area contributed by atoms with Gasteiger partial charge in [-0.15, -0.1) is 0 Å². The molecule has 10 heteroatoms. The molecule has 4 amide bonds. The highest BCUT2D eigenvalue weighted by Crippen LogP contribution is 2.29. The number of hydrogen-bond donors (Lipinski definition) is 2. The highest BCUT2D eigenvalue weighted by molar-refractivity contribution is 6.00. The smallest absolute Gasteiger partial charge is 0.320 e. The van der Waals surface area contributed by atoms with Gasteiger partial charge in [0.1, 0.15) is 0 Å². The van der Waals surface area contributed by atoms with Crippen LogP contribution < -0.4 is 15.5 Å². The Morgan fingerprint density at radius 3 is 2.31 bits per heavy atom. The van der Waals surface area contributed by atoms with E-state index in [4.69, 9.17) is 4.74 Å². The van der Waals surface area contributed by atoms with Gasteiger partial charge in [-0.1, -0.05) is 30.3 Å². The minimum Gasteiger partial charge on any atom is -0.378 e. The Bertz CT molecular complexity index is 1140. The fourth-order valence-corrected chi connectivity index (χ4v) is 5.35. The van der Waals surface area contributed by atoms with E-state index < -0.39 is 0 Å². The molecular weight excluding hydrogens is 496 g/mol. The number of ether oxygens (including phenoxy) is 1. The molecule has 0 radical (unpaired) electrons. The molecule has 3 fully saturated rings. The molecule has 0 spiro atoms. The third-order valence-electron chi connectivity index (χ3n) is 7.52. The molecule has 39 heavy (non-hydrogen) atoms. The minimum absolute atomic E-state index is 0.0234. The van der Waals surface area contributed by atoms with Crippen molar-refractivity contribution < 1.29 is 19.1 Å². The second kappa shape index (κ2) is 12.9. The Morgan fingerprint density at radius 1 is 0.795 bits per heavy atom. The Morgan fingerprint density at radius 2 is 1.54 bits per heavy atom. The average molecular weight is 535 g/mol. The van der Waals surface area contributed by atoms with E-state index in [9.17, 15) is 14.4 Å². The number of carbonyl (C=O) groups is 3. The molecular formula is C29H38N6O4. The van der Waals surface area contributed by atoms with Crippen molar-refractivity contribution in [3.05, 3.63) is 59.7 Å². The second-order valence-corrected chi connectivity index (χ2v) is 10.2. The van der Waals surface area contributed by atoms with Crippen LogP contribution in [0, 0.1) is 0 Å². The van der Waals surface area contributed by atoms with Gasteiger partial charge in [-0.25, -0.2) is 4.79 Å². The van der Waals surface area contributed by atoms with Crippen LogP contribution in [0.5, 0.6) is 0 Å². The third kappa shape index (κ3) is 6.88. The second-order valence-electron chi connectivity index (χ2n) is 10.2. The van der Waals surface area contributed by atoms with E-state index in [2.05, 4.69) is 15.5 Å². The average Bonchev–Trinajstić information content (AvgIpc) is 3.27. The lowest BCUT2D eigenvalue weighted by atomic mass is 10.1. The summed E-state index contributed by atoms with van der Waals surface area (Å²) in [6.07, 6.45) is 1.16. The Kier molecular flexibility index (Phi) is 8.95. The molecule has 3 aliphatic heterocycles. The Balaban J connectivity index is 1.32. The topological polar surface area (TPSA) is 97.5 Å². The van der Waals surface area contributed by atoms with E-state index >= 15 is 0 Å². The van der Waals surface area contributed by atoms with Crippen LogP contribution in [-0.4, -0.2) is 111 Å². The number of rotatable bonds is 5. The number of hydrogen-bond acceptors (Lipinski definition) is 6. The van der Waals surface area contributed by atoms with Gasteiger partial charge in [0, 0.05) is 64.5 Å². The fourth-order valence-electron chi connectivity index (χ4n) is 5.35. The number of urea groups is 1. The highest BCUT2D eigenvalue weighted by atomic mass is 16.5. The van der Waals surface area contributed by atoms with Crippen molar-refractivity contribution in [1.82, 2.24) is 20.0 Å². The van der Waals surface area contributed by atoms with Crippen LogP contribution in [0.15, 0.2) is 48.5 Å². The Labute approximate surface area is 229 Å². The first-order chi connectivity index (χ1) is 19.1. The lowest BCUT2D eigenvalue weighted by molar-refractivity contribution is -0.115. The molecule has 0 aromatic heterocycles. The van der Waals surface area contributed by atoms with Crippen molar-refractivity contribution in [2.24, 2.45) is 0 Å². The third-order valence-corrected chi connectivity index (χ3v) is 7.52. The van der Waals surface area contributed by atoms with Crippen molar-refractivity contribution in [2.45, 2.75) is 12.8 Å². The van der Waals surface area contributed by atoms with Gasteiger partial charge in [0.05, 0.1) is 31.0 Å². The normalized spacial score (nSPS) is 18.5. The molecule has 2 aromatic carbocycles. The molecule has 3 saturated heterocycles. The molecule has 3 aliphatic rings. The summed E-state index contributed by atoms with van der Waals surface area (Å²) in [5, 5.41) is 6.42. The standard InChI is InChI=1S/C29H38N6O4/c36-27(21-23-5-2-1-3-6-23)31-25-22-24(28(37)33-11-4-9-30-10-12-33)7-8-26(25)32-13-15-34(16-14-32)29(38)35-17-19-39-20-18-35/h1-3,5-8,22,30H,4,9-21H2,(H,31,36). The fraction of sp³-hybridized carbons (Fsp3) is 0.483. The van der Waals surface area contributed by atoms with Gasteiger partial charge in [0.15, 0.2) is 0 Å². The van der Waals surface area contributed by atoms with E-state index in [0.717, 1.165) is 30.8 Å². The zero-order chi connectivity index (χ0) is 27.0. The summed E-state index contributed by atoms with van der Waals surface area (Å²) < 4.78 is 5.38. The molecule has 3 heterocycles. The zero-order valence-electron chi connectivity index (χ0n) is 22.4. The predicted octanol–water partition coefficient (Wildman–Crippen LogP) is 1.88. The lowest BCUT2D eigenvalue weighted by Gasteiger charge is -2.39. The molecule has 0 bridgehead atoms. The van der Waals surface area contributed by atoms with Crippen LogP contribution in [0.1, 0.15) is 22.3 Å². The maximum Gasteiger partial charge on any atom is 0.320 e. The first kappa shape index (κ1) is 27.0. The van der Waals surface area contributed by atoms with Gasteiger partial charge < -0.3 is 35.0 Å². The quantitative estimate of drug-likeness (QED) is 0.608. The van der Waals surface area contributed by atoms with Gasteiger partial charge in [0.2, 0.25) is 5.91 Å². The van der Waals surface area contributed by atoms with E-state index in [1.807, 2.05) is 63.2 Å². The van der Waals surface area contributed by atoms with E-state index in [0.29, 0.717) is 76.8 Å². The van der Waals surface area contributed by atoms with E-state index in [1.165, 1.54) is 0 Å². The van der Waals surface area contributed by atoms with Crippen molar-refractivity contribution in [3.63, 3.8) is 0 Å². The van der Waals surface area contributed by atoms with Crippen LogP contribution in [0.25, 0.3) is 0 Å². The van der Waals surface area contributed by atoms with Crippen LogP contribution in [0.4, 0.5) is 16.2 Å². The molecule has 0 atom stereocenters. The van der Waals surface area contributed by atoms with Crippen LogP contribution in [0.3, 0.4) is 0 Å². The van der Waals surface area contributed by atoms with Crippen LogP contribution in [0.2, 0.25) is 0 Å². The number of benzene rings is 2. The first-order valence-electron chi connectivity index (χ1n) is 13.9. The number of amides is 4. The van der Waals surface area contributed by atoms with E-state index in [1.54, 1.807) is 0 Å². The van der Waals surface area contributed by atoms with Gasteiger partial charge >= 0.3 is 6.03 Å². The molecule has 0 aliphatic carbocycles. The van der Waals surface area contributed by atoms with Crippen molar-refractivity contribution in [3.8, 4) is 0 Å². The first-order valence-corrected chi connectivity index (χ1v) is 13.9. The van der Waals surface area contributed by atoms with Gasteiger partial charge in [0.25, 0.3) is 5.91 Å². The summed E-state index contributed by atoms with van der Waals surface area (Å²) in [4.78, 5) is 47.2. The highest BCUT2D eigenvalue weighted by Gasteiger charge is 2.28. The number of carbonyl (C=O) groups excluding carboxylic acids is 3. The Hall–Kier alpha value is -3.63. The minimum atomic E-state index is -0.132. The molecule has 5 rings (SSSR count). The van der Waals surface area contributed by atoms with Crippen LogP contribution in [-0.2, 0) is 16.0 Å². The van der Waals surface area contributed by atoms with Gasteiger partial charge in [-0.2, -0.15) is 0 Å². The molecule has 2 aromatic rings. The zero-order valence-corrected chi connectivity index (χ0v) is 22.4. The summed E-state index contributed by atoms with van der Waals surface area (Å²) in [6.45, 7) is 7.93. The van der Waals surface area contributed by atoms with Crippen molar-refractivity contribution in [2.75, 3.05) is 88.9 Å². The molecule has 208 valence electrons. The molecule has 0 unspecified atom stereocenters. The predicted molar refractivity (Wildman–Crippen MR) is 150 cm³/mol. The summed E-state index contributed by atoms with van der Waals surface area (Å²) in [6, 6.07) is 15.3. The maximum atomic E-state index is 13.4. The monoisotopic (exact) mass is 534 g/mol.